The van der Waals surface area contributed by atoms with Crippen molar-refractivity contribution in [2.75, 3.05) is 12.1 Å². The number of carbonyl (C=O) groups excluding carboxylic acids is 1. The Kier molecular flexibility index (Phi) is 4.25. The van der Waals surface area contributed by atoms with Gasteiger partial charge in [-0.25, -0.2) is 0 Å². The number of hydrogen-bond donors (Lipinski definition) is 1. The predicted octanol–water partition coefficient (Wildman–Crippen LogP) is 5.71. The second-order valence-corrected chi connectivity index (χ2v) is 8.07. The minimum atomic E-state index is -0.509. The van der Waals surface area contributed by atoms with Crippen LogP contribution in [0.1, 0.15) is 24.0 Å². The number of benzene rings is 3. The number of fused-ring (bicyclic) bond motifs is 1. The molecule has 1 aliphatic heterocycles. The van der Waals surface area contributed by atoms with E-state index in [9.17, 15) is 4.79 Å². The molecular formula is C24H20ClNO3. The highest BCUT2D eigenvalue weighted by molar-refractivity contribution is 6.33. The standard InChI is InChI=1S/C24H20ClNO3/c1-15-2-4-16(5-3-15)19-13-18(7-8-20(19)25)26-23(27)24(10-11-24)17-6-9-21-22(12-17)29-14-28-21/h2-9,12-13H,10-11,14H2,1H3,(H,26,27). The van der Waals surface area contributed by atoms with Gasteiger partial charge in [0.15, 0.2) is 11.5 Å². The minimum absolute atomic E-state index is 0.00598. The normalized spacial score (nSPS) is 15.8. The van der Waals surface area contributed by atoms with Crippen LogP contribution in [0.3, 0.4) is 0 Å². The fourth-order valence-electron chi connectivity index (χ4n) is 3.77. The van der Waals surface area contributed by atoms with Crippen molar-refractivity contribution in [3.8, 4) is 22.6 Å². The van der Waals surface area contributed by atoms with Crippen LogP contribution in [0.4, 0.5) is 5.69 Å². The van der Waals surface area contributed by atoms with E-state index in [1.165, 1.54) is 5.56 Å². The van der Waals surface area contributed by atoms with Crippen LogP contribution < -0.4 is 14.8 Å². The van der Waals surface area contributed by atoms with Crippen molar-refractivity contribution in [2.45, 2.75) is 25.2 Å². The Bertz CT molecular complexity index is 1100. The average Bonchev–Trinajstić information content (AvgIpc) is 3.41. The smallest absolute Gasteiger partial charge is 0.235 e. The molecule has 1 heterocycles. The molecule has 2 aliphatic rings. The second kappa shape index (κ2) is 6.82. The third-order valence-corrected chi connectivity index (χ3v) is 6.03. The summed E-state index contributed by atoms with van der Waals surface area (Å²) < 4.78 is 10.9. The summed E-state index contributed by atoms with van der Waals surface area (Å²) in [5, 5.41) is 3.75. The summed E-state index contributed by atoms with van der Waals surface area (Å²) in [6.07, 6.45) is 1.63. The van der Waals surface area contributed by atoms with Crippen molar-refractivity contribution in [3.05, 3.63) is 76.8 Å². The molecular weight excluding hydrogens is 386 g/mol. The Hall–Kier alpha value is -2.98. The molecule has 0 radical (unpaired) electrons. The molecule has 3 aromatic rings. The van der Waals surface area contributed by atoms with E-state index in [4.69, 9.17) is 21.1 Å². The number of amides is 1. The van der Waals surface area contributed by atoms with Gasteiger partial charge in [-0.1, -0.05) is 47.5 Å². The molecule has 1 fully saturated rings. The molecule has 1 amide bonds. The molecule has 29 heavy (non-hydrogen) atoms. The van der Waals surface area contributed by atoms with E-state index < -0.39 is 5.41 Å². The van der Waals surface area contributed by atoms with Gasteiger partial charge in [0.05, 0.1) is 5.41 Å². The molecule has 1 saturated carbocycles. The zero-order valence-corrected chi connectivity index (χ0v) is 16.8. The van der Waals surface area contributed by atoms with E-state index >= 15 is 0 Å². The van der Waals surface area contributed by atoms with E-state index in [0.29, 0.717) is 10.8 Å². The van der Waals surface area contributed by atoms with Crippen LogP contribution in [0, 0.1) is 6.92 Å². The number of hydrogen-bond acceptors (Lipinski definition) is 3. The first-order valence-corrected chi connectivity index (χ1v) is 10.0. The number of carbonyl (C=O) groups is 1. The summed E-state index contributed by atoms with van der Waals surface area (Å²) in [6, 6.07) is 19.5. The van der Waals surface area contributed by atoms with E-state index in [2.05, 4.69) is 17.4 Å². The number of ether oxygens (including phenoxy) is 2. The van der Waals surface area contributed by atoms with Gasteiger partial charge in [-0.15, -0.1) is 0 Å². The molecule has 0 saturated heterocycles. The van der Waals surface area contributed by atoms with E-state index in [0.717, 1.165) is 41.0 Å². The number of nitrogens with one attached hydrogen (secondary N) is 1. The minimum Gasteiger partial charge on any atom is -0.454 e. The Morgan fingerprint density at radius 1 is 0.966 bits per heavy atom. The third kappa shape index (κ3) is 3.23. The summed E-state index contributed by atoms with van der Waals surface area (Å²) in [5.41, 5.74) is 4.30. The SMILES string of the molecule is Cc1ccc(-c2cc(NC(=O)C3(c4ccc5c(c4)OCO5)CC3)ccc2Cl)cc1. The van der Waals surface area contributed by atoms with Gasteiger partial charge in [-0.3, -0.25) is 4.79 Å². The zero-order chi connectivity index (χ0) is 20.0. The highest BCUT2D eigenvalue weighted by Gasteiger charge is 2.51. The molecule has 0 atom stereocenters. The van der Waals surface area contributed by atoms with Crippen molar-refractivity contribution in [3.63, 3.8) is 0 Å². The Labute approximate surface area is 174 Å². The molecule has 0 unspecified atom stereocenters. The molecule has 3 aromatic carbocycles. The van der Waals surface area contributed by atoms with Crippen LogP contribution in [0.25, 0.3) is 11.1 Å². The van der Waals surface area contributed by atoms with Gasteiger partial charge in [-0.05, 0) is 61.2 Å². The van der Waals surface area contributed by atoms with Crippen LogP contribution in [-0.4, -0.2) is 12.7 Å². The van der Waals surface area contributed by atoms with Crippen molar-refractivity contribution >= 4 is 23.2 Å². The van der Waals surface area contributed by atoms with Crippen LogP contribution in [0.5, 0.6) is 11.5 Å². The molecule has 1 N–H and O–H groups in total. The van der Waals surface area contributed by atoms with Gasteiger partial charge < -0.3 is 14.8 Å². The summed E-state index contributed by atoms with van der Waals surface area (Å²) in [6.45, 7) is 2.28. The lowest BCUT2D eigenvalue weighted by molar-refractivity contribution is -0.118. The quantitative estimate of drug-likeness (QED) is 0.604. The molecule has 0 bridgehead atoms. The zero-order valence-electron chi connectivity index (χ0n) is 16.0. The van der Waals surface area contributed by atoms with Crippen LogP contribution in [0.2, 0.25) is 5.02 Å². The van der Waals surface area contributed by atoms with Gasteiger partial charge in [0.25, 0.3) is 0 Å². The van der Waals surface area contributed by atoms with Crippen molar-refractivity contribution in [1.82, 2.24) is 0 Å². The molecule has 5 heteroatoms. The van der Waals surface area contributed by atoms with Crippen molar-refractivity contribution < 1.29 is 14.3 Å². The van der Waals surface area contributed by atoms with Crippen molar-refractivity contribution in [1.29, 1.82) is 0 Å². The summed E-state index contributed by atoms with van der Waals surface area (Å²) in [5.74, 6) is 1.42. The Balaban J connectivity index is 1.41. The van der Waals surface area contributed by atoms with Gasteiger partial charge in [-0.2, -0.15) is 0 Å². The summed E-state index contributed by atoms with van der Waals surface area (Å²) in [4.78, 5) is 13.2. The van der Waals surface area contributed by atoms with E-state index in [1.54, 1.807) is 0 Å². The van der Waals surface area contributed by atoms with Gasteiger partial charge in [0.2, 0.25) is 12.7 Å². The maximum absolute atomic E-state index is 13.2. The molecule has 146 valence electrons. The predicted molar refractivity (Wildman–Crippen MR) is 114 cm³/mol. The first-order valence-electron chi connectivity index (χ1n) is 9.63. The number of rotatable bonds is 4. The molecule has 0 spiro atoms. The monoisotopic (exact) mass is 405 g/mol. The fraction of sp³-hybridized carbons (Fsp3) is 0.208. The second-order valence-electron chi connectivity index (χ2n) is 7.66. The van der Waals surface area contributed by atoms with Crippen LogP contribution in [-0.2, 0) is 10.2 Å². The maximum Gasteiger partial charge on any atom is 0.235 e. The van der Waals surface area contributed by atoms with Crippen LogP contribution in [0.15, 0.2) is 60.7 Å². The number of anilines is 1. The third-order valence-electron chi connectivity index (χ3n) is 5.70. The average molecular weight is 406 g/mol. The molecule has 4 nitrogen and oxygen atoms in total. The topological polar surface area (TPSA) is 47.6 Å². The Morgan fingerprint density at radius 2 is 1.72 bits per heavy atom. The molecule has 1 aliphatic carbocycles. The molecule has 5 rings (SSSR count). The summed E-state index contributed by atoms with van der Waals surface area (Å²) >= 11 is 6.42. The van der Waals surface area contributed by atoms with Crippen molar-refractivity contribution in [2.24, 2.45) is 0 Å². The number of aryl methyl sites for hydroxylation is 1. The first-order chi connectivity index (χ1) is 14.0. The highest BCUT2D eigenvalue weighted by atomic mass is 35.5. The van der Waals surface area contributed by atoms with E-state index in [-0.39, 0.29) is 12.7 Å². The highest BCUT2D eigenvalue weighted by Crippen LogP contribution is 2.51. The van der Waals surface area contributed by atoms with Gasteiger partial charge in [0, 0.05) is 16.3 Å². The molecule has 0 aromatic heterocycles. The van der Waals surface area contributed by atoms with E-state index in [1.807, 2.05) is 55.5 Å². The maximum atomic E-state index is 13.2. The first kappa shape index (κ1) is 18.1. The van der Waals surface area contributed by atoms with Crippen LogP contribution >= 0.6 is 11.6 Å². The lowest BCUT2D eigenvalue weighted by Crippen LogP contribution is -2.27. The largest absolute Gasteiger partial charge is 0.454 e. The lowest BCUT2D eigenvalue weighted by atomic mass is 9.94. The van der Waals surface area contributed by atoms with Gasteiger partial charge in [0.1, 0.15) is 0 Å². The Morgan fingerprint density at radius 3 is 2.48 bits per heavy atom. The number of halogens is 1. The summed E-state index contributed by atoms with van der Waals surface area (Å²) in [7, 11) is 0. The lowest BCUT2D eigenvalue weighted by Gasteiger charge is -2.17. The fourth-order valence-corrected chi connectivity index (χ4v) is 4.00. The van der Waals surface area contributed by atoms with Gasteiger partial charge >= 0.3 is 0 Å².